The molecule has 0 aliphatic rings. The predicted octanol–water partition coefficient (Wildman–Crippen LogP) is 2.65. The second-order valence-electron chi connectivity index (χ2n) is 5.10. The number of rotatable bonds is 3. The predicted molar refractivity (Wildman–Crippen MR) is 62.7 cm³/mol. The number of furan rings is 1. The maximum atomic E-state index is 11.0. The number of hydrogen-bond acceptors (Lipinski definition) is 2. The van der Waals surface area contributed by atoms with Gasteiger partial charge < -0.3 is 9.52 Å². The minimum atomic E-state index is -1.57. The standard InChI is InChI=1S/C11H18O3Si/c1-7(2)8-6-9(15(3,4)5)14-10(8)11(12)13/h6-7H,1-5H3,(H,12,13). The average Bonchev–Trinajstić information content (AvgIpc) is 2.45. The van der Waals surface area contributed by atoms with Gasteiger partial charge >= 0.3 is 5.97 Å². The van der Waals surface area contributed by atoms with Gasteiger partial charge in [-0.05, 0) is 12.0 Å². The maximum absolute atomic E-state index is 11.0. The smallest absolute Gasteiger partial charge is 0.372 e. The summed E-state index contributed by atoms with van der Waals surface area (Å²) in [5, 5.41) is 9.88. The SMILES string of the molecule is CC(C)c1cc([Si](C)(C)C)oc1C(=O)O. The summed E-state index contributed by atoms with van der Waals surface area (Å²) in [6.45, 7) is 10.4. The molecule has 4 heteroatoms. The fourth-order valence-corrected chi connectivity index (χ4v) is 2.37. The molecular weight excluding hydrogens is 208 g/mol. The Bertz CT molecular complexity index is 372. The van der Waals surface area contributed by atoms with E-state index in [1.54, 1.807) is 0 Å². The Balaban J connectivity index is 3.28. The molecule has 0 radical (unpaired) electrons. The van der Waals surface area contributed by atoms with Crippen LogP contribution in [0.3, 0.4) is 0 Å². The monoisotopic (exact) mass is 226 g/mol. The van der Waals surface area contributed by atoms with E-state index in [2.05, 4.69) is 19.6 Å². The Morgan fingerprint density at radius 1 is 1.40 bits per heavy atom. The van der Waals surface area contributed by atoms with Crippen LogP contribution in [0, 0.1) is 0 Å². The van der Waals surface area contributed by atoms with Gasteiger partial charge in [-0.25, -0.2) is 4.79 Å². The molecule has 1 aromatic heterocycles. The molecule has 0 bridgehead atoms. The molecule has 15 heavy (non-hydrogen) atoms. The third-order valence-corrected chi connectivity index (χ3v) is 4.04. The first-order valence-corrected chi connectivity index (χ1v) is 8.61. The van der Waals surface area contributed by atoms with E-state index < -0.39 is 14.0 Å². The van der Waals surface area contributed by atoms with Crippen LogP contribution in [0.2, 0.25) is 19.6 Å². The highest BCUT2D eigenvalue weighted by Gasteiger charge is 2.27. The zero-order chi connectivity index (χ0) is 11.8. The Kier molecular flexibility index (Phi) is 3.09. The van der Waals surface area contributed by atoms with Gasteiger partial charge in [0.2, 0.25) is 5.76 Å². The third-order valence-electron chi connectivity index (χ3n) is 2.32. The average molecular weight is 226 g/mol. The van der Waals surface area contributed by atoms with E-state index in [1.807, 2.05) is 19.9 Å². The molecule has 0 amide bonds. The summed E-state index contributed by atoms with van der Waals surface area (Å²) >= 11 is 0. The fourth-order valence-electron chi connectivity index (χ4n) is 1.37. The molecule has 3 nitrogen and oxygen atoms in total. The second-order valence-corrected chi connectivity index (χ2v) is 10.1. The highest BCUT2D eigenvalue weighted by atomic mass is 28.3. The molecule has 1 heterocycles. The molecule has 0 spiro atoms. The summed E-state index contributed by atoms with van der Waals surface area (Å²) in [4.78, 5) is 11.0. The van der Waals surface area contributed by atoms with Crippen LogP contribution in [0.1, 0.15) is 35.9 Å². The van der Waals surface area contributed by atoms with Gasteiger partial charge in [0.1, 0.15) is 8.07 Å². The first-order valence-electron chi connectivity index (χ1n) is 5.11. The van der Waals surface area contributed by atoms with Crippen LogP contribution < -0.4 is 5.38 Å². The van der Waals surface area contributed by atoms with Crippen molar-refractivity contribution in [3.8, 4) is 0 Å². The van der Waals surface area contributed by atoms with E-state index in [0.717, 1.165) is 10.9 Å². The topological polar surface area (TPSA) is 50.4 Å². The number of carboxylic acids is 1. The van der Waals surface area contributed by atoms with Crippen LogP contribution in [0.15, 0.2) is 10.5 Å². The first kappa shape index (κ1) is 12.0. The Labute approximate surface area is 91.1 Å². The quantitative estimate of drug-likeness (QED) is 0.806. The number of carboxylic acid groups (broad SMARTS) is 1. The van der Waals surface area contributed by atoms with Crippen molar-refractivity contribution in [3.63, 3.8) is 0 Å². The van der Waals surface area contributed by atoms with Crippen molar-refractivity contribution in [2.45, 2.75) is 39.4 Å². The normalized spacial score (nSPS) is 12.1. The molecule has 0 atom stereocenters. The van der Waals surface area contributed by atoms with Crippen molar-refractivity contribution in [1.82, 2.24) is 0 Å². The van der Waals surface area contributed by atoms with Gasteiger partial charge in [0.25, 0.3) is 0 Å². The van der Waals surface area contributed by atoms with Gasteiger partial charge in [-0.15, -0.1) is 0 Å². The summed E-state index contributed by atoms with van der Waals surface area (Å²) < 4.78 is 5.46. The third kappa shape index (κ3) is 2.50. The summed E-state index contributed by atoms with van der Waals surface area (Å²) in [5.74, 6) is -0.671. The minimum Gasteiger partial charge on any atom is -0.475 e. The van der Waals surface area contributed by atoms with Gasteiger partial charge in [-0.3, -0.25) is 0 Å². The van der Waals surface area contributed by atoms with Crippen molar-refractivity contribution < 1.29 is 14.3 Å². The van der Waals surface area contributed by atoms with Crippen LogP contribution >= 0.6 is 0 Å². The Morgan fingerprint density at radius 3 is 2.20 bits per heavy atom. The molecule has 0 fully saturated rings. The Morgan fingerprint density at radius 2 is 1.93 bits per heavy atom. The van der Waals surface area contributed by atoms with E-state index in [4.69, 9.17) is 9.52 Å². The van der Waals surface area contributed by atoms with Crippen LogP contribution in [-0.4, -0.2) is 19.1 Å². The highest BCUT2D eigenvalue weighted by molar-refractivity contribution is 6.87. The zero-order valence-electron chi connectivity index (χ0n) is 9.92. The summed E-state index contributed by atoms with van der Waals surface area (Å²) in [7, 11) is -1.57. The number of hydrogen-bond donors (Lipinski definition) is 1. The lowest BCUT2D eigenvalue weighted by atomic mass is 10.0. The van der Waals surface area contributed by atoms with Gasteiger partial charge in [0.15, 0.2) is 0 Å². The van der Waals surface area contributed by atoms with Crippen molar-refractivity contribution in [2.24, 2.45) is 0 Å². The molecule has 0 aromatic carbocycles. The lowest BCUT2D eigenvalue weighted by Crippen LogP contribution is -2.36. The molecule has 0 aliphatic carbocycles. The van der Waals surface area contributed by atoms with Crippen LogP contribution in [0.5, 0.6) is 0 Å². The summed E-state index contributed by atoms with van der Waals surface area (Å²) in [6, 6.07) is 1.92. The minimum absolute atomic E-state index is 0.113. The molecule has 0 saturated carbocycles. The van der Waals surface area contributed by atoms with Crippen molar-refractivity contribution in [1.29, 1.82) is 0 Å². The lowest BCUT2D eigenvalue weighted by molar-refractivity contribution is 0.0662. The van der Waals surface area contributed by atoms with E-state index in [-0.39, 0.29) is 11.7 Å². The zero-order valence-corrected chi connectivity index (χ0v) is 10.9. The largest absolute Gasteiger partial charge is 0.475 e. The molecule has 1 aromatic rings. The molecule has 0 unspecified atom stereocenters. The van der Waals surface area contributed by atoms with Crippen LogP contribution in [0.4, 0.5) is 0 Å². The molecule has 1 N–H and O–H groups in total. The van der Waals surface area contributed by atoms with E-state index in [0.29, 0.717) is 0 Å². The Hall–Kier alpha value is -1.03. The van der Waals surface area contributed by atoms with Gasteiger partial charge in [-0.2, -0.15) is 0 Å². The summed E-state index contributed by atoms with van der Waals surface area (Å²) in [5.41, 5.74) is 0.805. The molecule has 0 saturated heterocycles. The number of carbonyl (C=O) groups is 1. The molecule has 84 valence electrons. The van der Waals surface area contributed by atoms with E-state index in [1.165, 1.54) is 0 Å². The fraction of sp³-hybridized carbons (Fsp3) is 0.545. The molecule has 0 aliphatic heterocycles. The van der Waals surface area contributed by atoms with Crippen molar-refractivity contribution in [3.05, 3.63) is 17.4 Å². The van der Waals surface area contributed by atoms with Crippen LogP contribution in [0.25, 0.3) is 0 Å². The van der Waals surface area contributed by atoms with Gasteiger partial charge in [0, 0.05) is 5.56 Å². The summed E-state index contributed by atoms with van der Waals surface area (Å²) in [6.07, 6.45) is 0. The van der Waals surface area contributed by atoms with Crippen LogP contribution in [-0.2, 0) is 0 Å². The maximum Gasteiger partial charge on any atom is 0.372 e. The first-order chi connectivity index (χ1) is 6.73. The molecule has 1 rings (SSSR count). The van der Waals surface area contributed by atoms with E-state index in [9.17, 15) is 4.79 Å². The van der Waals surface area contributed by atoms with Crippen molar-refractivity contribution in [2.75, 3.05) is 0 Å². The van der Waals surface area contributed by atoms with Gasteiger partial charge in [0.05, 0.1) is 5.38 Å². The van der Waals surface area contributed by atoms with E-state index >= 15 is 0 Å². The highest BCUT2D eigenvalue weighted by Crippen LogP contribution is 2.21. The van der Waals surface area contributed by atoms with Crippen molar-refractivity contribution >= 4 is 19.4 Å². The second kappa shape index (κ2) is 3.85. The lowest BCUT2D eigenvalue weighted by Gasteiger charge is -2.10. The molecular formula is C11H18O3Si. The van der Waals surface area contributed by atoms with Gasteiger partial charge in [-0.1, -0.05) is 33.5 Å². The number of aromatic carboxylic acids is 1.